The van der Waals surface area contributed by atoms with Gasteiger partial charge in [-0.05, 0) is 0 Å². The second-order valence-corrected chi connectivity index (χ2v) is 6.39. The quantitative estimate of drug-likeness (QED) is 0.304. The first-order valence-electron chi connectivity index (χ1n) is 9.74. The van der Waals surface area contributed by atoms with Crippen molar-refractivity contribution in [3.63, 3.8) is 0 Å². The van der Waals surface area contributed by atoms with Crippen LogP contribution in [0, 0.1) is 0 Å². The van der Waals surface area contributed by atoms with Crippen molar-refractivity contribution in [3.8, 4) is 0 Å². The Bertz CT molecular complexity index is 151. The van der Waals surface area contributed by atoms with Crippen molar-refractivity contribution in [2.45, 2.75) is 107 Å². The summed E-state index contributed by atoms with van der Waals surface area (Å²) in [7, 11) is 0. The molecule has 0 spiro atoms. The van der Waals surface area contributed by atoms with Crippen molar-refractivity contribution in [2.24, 2.45) is 0 Å². The molecule has 5 heteroatoms. The Balaban J connectivity index is -0.0000000711. The normalized spacial score (nSPS) is 9.60. The Kier molecular flexibility index (Phi) is 47.4. The van der Waals surface area contributed by atoms with Crippen molar-refractivity contribution >= 4 is 0 Å². The molecule has 0 amide bonds. The molecule has 4 nitrogen and oxygen atoms in total. The molecule has 0 aliphatic heterocycles. The molecule has 0 atom stereocenters. The van der Waals surface area contributed by atoms with E-state index < -0.39 is 0 Å². The first kappa shape index (κ1) is 36.6. The maximum absolute atomic E-state index is 4.28. The molecule has 0 radical (unpaired) electrons. The molecule has 0 saturated carbocycles. The fourth-order valence-corrected chi connectivity index (χ4v) is 1.64. The second-order valence-electron chi connectivity index (χ2n) is 6.39. The van der Waals surface area contributed by atoms with E-state index in [0.29, 0.717) is 24.2 Å². The third kappa shape index (κ3) is 78.9. The maximum atomic E-state index is 4.28. The van der Waals surface area contributed by atoms with Gasteiger partial charge in [0.1, 0.15) is 0 Å². The van der Waals surface area contributed by atoms with Crippen LogP contribution in [0.1, 0.15) is 83.1 Å². The largest absolute Gasteiger partial charge is 4.00 e. The van der Waals surface area contributed by atoms with Crippen molar-refractivity contribution in [2.75, 3.05) is 26.2 Å². The van der Waals surface area contributed by atoms with E-state index in [1.54, 1.807) is 0 Å². The monoisotopic (exact) mass is 524 g/mol. The molecule has 0 aliphatic rings. The van der Waals surface area contributed by atoms with Crippen LogP contribution in [0.15, 0.2) is 0 Å². The molecule has 0 N–H and O–H groups in total. The van der Waals surface area contributed by atoms with Gasteiger partial charge in [-0.25, -0.2) is 0 Å². The zero-order chi connectivity index (χ0) is 20.0. The van der Waals surface area contributed by atoms with E-state index in [2.05, 4.69) is 76.7 Å². The molecular weight excluding hydrogens is 475 g/mol. The van der Waals surface area contributed by atoms with Gasteiger partial charge in [0.25, 0.3) is 0 Å². The Morgan fingerprint density at radius 1 is 0.440 bits per heavy atom. The molecule has 0 heterocycles. The van der Waals surface area contributed by atoms with Crippen LogP contribution >= 0.6 is 0 Å². The number of hydrogen-bond acceptors (Lipinski definition) is 0. The Hall–Kier alpha value is 0.710. The van der Waals surface area contributed by atoms with Gasteiger partial charge in [0.2, 0.25) is 0 Å². The molecule has 0 unspecified atom stereocenters. The number of nitrogens with zero attached hydrogens (tertiary/aromatic N) is 4. The van der Waals surface area contributed by atoms with Gasteiger partial charge in [0.05, 0.1) is 0 Å². The summed E-state index contributed by atoms with van der Waals surface area (Å²) in [4.78, 5) is 0. The van der Waals surface area contributed by atoms with Crippen LogP contribution in [0.5, 0.6) is 0 Å². The van der Waals surface area contributed by atoms with Gasteiger partial charge in [-0.1, -0.05) is 83.1 Å². The summed E-state index contributed by atoms with van der Waals surface area (Å²) in [6.45, 7) is 28.8. The summed E-state index contributed by atoms with van der Waals surface area (Å²) in [5.74, 6) is 0. The van der Waals surface area contributed by atoms with Crippen LogP contribution in [0.3, 0.4) is 0 Å². The summed E-state index contributed by atoms with van der Waals surface area (Å²) in [5, 5.41) is 16.5. The molecule has 152 valence electrons. The van der Waals surface area contributed by atoms with Crippen LogP contribution in [0.2, 0.25) is 0 Å². The Morgan fingerprint density at radius 2 is 0.600 bits per heavy atom. The first-order valence-corrected chi connectivity index (χ1v) is 9.74. The van der Waals surface area contributed by atoms with Crippen molar-refractivity contribution in [3.05, 3.63) is 21.3 Å². The SMILES string of the molecule is CC(C)[N-]C(C)C.CC(C)[N-]C(C)C.CC[N-]CC.CC[N-]CC.[Hf+4]. The molecule has 0 aromatic rings. The van der Waals surface area contributed by atoms with E-state index in [1.807, 2.05) is 27.7 Å². The number of rotatable bonds is 8. The van der Waals surface area contributed by atoms with E-state index >= 15 is 0 Å². The fourth-order valence-electron chi connectivity index (χ4n) is 1.64. The molecule has 0 fully saturated rings. The molecule has 0 aliphatic carbocycles. The molecule has 25 heavy (non-hydrogen) atoms. The van der Waals surface area contributed by atoms with Crippen LogP contribution in [0.4, 0.5) is 0 Å². The van der Waals surface area contributed by atoms with Crippen molar-refractivity contribution in [1.82, 2.24) is 0 Å². The zero-order valence-corrected chi connectivity index (χ0v) is 23.0. The van der Waals surface area contributed by atoms with E-state index in [4.69, 9.17) is 0 Å². The van der Waals surface area contributed by atoms with Crippen molar-refractivity contribution in [1.29, 1.82) is 0 Å². The summed E-state index contributed by atoms with van der Waals surface area (Å²) >= 11 is 0. The maximum Gasteiger partial charge on any atom is 4.00 e. The van der Waals surface area contributed by atoms with E-state index in [1.165, 1.54) is 0 Å². The van der Waals surface area contributed by atoms with Crippen molar-refractivity contribution < 1.29 is 25.8 Å². The molecule has 0 aromatic heterocycles. The fraction of sp³-hybridized carbons (Fsp3) is 1.00. The minimum atomic E-state index is 0. The summed E-state index contributed by atoms with van der Waals surface area (Å²) in [6.07, 6.45) is 0. The van der Waals surface area contributed by atoms with Crippen LogP contribution in [-0.2, 0) is 25.8 Å². The van der Waals surface area contributed by atoms with E-state index in [-0.39, 0.29) is 25.8 Å². The standard InChI is InChI=1S/2C6H14N.2C4H10N.Hf/c2*1-5(2)7-6(3)4;2*1-3-5-4-2;/h2*5-6H,1-4H3;2*3-4H2,1-2H3;/q4*-1;+4. The minimum absolute atomic E-state index is 0. The van der Waals surface area contributed by atoms with Gasteiger partial charge in [-0.3, -0.25) is 0 Å². The van der Waals surface area contributed by atoms with Crippen LogP contribution in [-0.4, -0.2) is 50.3 Å². The smallest absolute Gasteiger partial charge is 0.663 e. The molecule has 0 rings (SSSR count). The average Bonchev–Trinajstić information content (AvgIpc) is 2.39. The average molecular weight is 523 g/mol. The van der Waals surface area contributed by atoms with Gasteiger partial charge < -0.3 is 21.3 Å². The molecule has 0 bridgehead atoms. The predicted octanol–water partition coefficient (Wildman–Crippen LogP) is 7.15. The van der Waals surface area contributed by atoms with Gasteiger partial charge in [-0.2, -0.15) is 26.2 Å². The topological polar surface area (TPSA) is 56.4 Å². The number of hydrogen-bond donors (Lipinski definition) is 0. The summed E-state index contributed by atoms with van der Waals surface area (Å²) in [6, 6.07) is 2.00. The molecule has 0 aromatic carbocycles. The third-order valence-electron chi connectivity index (χ3n) is 2.09. The predicted molar refractivity (Wildman–Crippen MR) is 116 cm³/mol. The van der Waals surface area contributed by atoms with E-state index in [0.717, 1.165) is 26.2 Å². The van der Waals surface area contributed by atoms with E-state index in [9.17, 15) is 0 Å². The van der Waals surface area contributed by atoms with Crippen LogP contribution < -0.4 is 0 Å². The summed E-state index contributed by atoms with van der Waals surface area (Å²) in [5.41, 5.74) is 0. The summed E-state index contributed by atoms with van der Waals surface area (Å²) < 4.78 is 0. The molecule has 0 saturated heterocycles. The van der Waals surface area contributed by atoms with Gasteiger partial charge in [0, 0.05) is 0 Å². The van der Waals surface area contributed by atoms with Gasteiger partial charge >= 0.3 is 25.8 Å². The minimum Gasteiger partial charge on any atom is -0.663 e. The second kappa shape index (κ2) is 32.4. The molecular formula is C20H48HfN4. The van der Waals surface area contributed by atoms with Gasteiger partial charge in [0.15, 0.2) is 0 Å². The third-order valence-corrected chi connectivity index (χ3v) is 2.09. The Morgan fingerprint density at radius 3 is 0.600 bits per heavy atom. The first-order chi connectivity index (χ1) is 11.1. The van der Waals surface area contributed by atoms with Crippen LogP contribution in [0.25, 0.3) is 21.3 Å². The van der Waals surface area contributed by atoms with Gasteiger partial charge in [-0.15, -0.1) is 24.2 Å². The zero-order valence-electron chi connectivity index (χ0n) is 19.4. The Labute approximate surface area is 180 Å².